The lowest BCUT2D eigenvalue weighted by molar-refractivity contribution is 0.132. The topological polar surface area (TPSA) is 21.6 Å². The van der Waals surface area contributed by atoms with Crippen molar-refractivity contribution in [3.05, 3.63) is 70.8 Å². The first-order valence-electron chi connectivity index (χ1n) is 8.34. The third kappa shape index (κ3) is 4.40. The van der Waals surface area contributed by atoms with E-state index >= 15 is 0 Å². The standard InChI is InChI=1S/C20H20F2NO/c21-19-11-8-16(12-20(19)22)14-24-23-13-15-6-9-18(10-7-15)17-4-2-1-3-5-17/h6-12,17H,1-5,14H2. The molecule has 0 spiro atoms. The third-order valence-corrected chi connectivity index (χ3v) is 4.44. The van der Waals surface area contributed by atoms with E-state index in [0.29, 0.717) is 11.5 Å². The van der Waals surface area contributed by atoms with Gasteiger partial charge in [0.05, 0.1) is 0 Å². The summed E-state index contributed by atoms with van der Waals surface area (Å²) in [6.07, 6.45) is 9.34. The van der Waals surface area contributed by atoms with Gasteiger partial charge in [-0.1, -0.05) is 54.8 Å². The Morgan fingerprint density at radius 1 is 0.958 bits per heavy atom. The van der Waals surface area contributed by atoms with Crippen LogP contribution in [0, 0.1) is 11.6 Å². The van der Waals surface area contributed by atoms with Gasteiger partial charge in [0.2, 0.25) is 0 Å². The first-order chi connectivity index (χ1) is 11.7. The van der Waals surface area contributed by atoms with E-state index in [4.69, 9.17) is 4.84 Å². The van der Waals surface area contributed by atoms with Crippen LogP contribution >= 0.6 is 0 Å². The quantitative estimate of drug-likeness (QED) is 0.529. The van der Waals surface area contributed by atoms with Crippen molar-refractivity contribution >= 4 is 6.21 Å². The summed E-state index contributed by atoms with van der Waals surface area (Å²) in [6.45, 7) is 0.0738. The SMILES string of the molecule is Fc1ccc(CO/N=[C]\c2ccc(C3CCCCC3)cc2)cc1F. The first kappa shape index (κ1) is 16.6. The molecule has 0 saturated heterocycles. The van der Waals surface area contributed by atoms with E-state index in [2.05, 4.69) is 23.5 Å². The van der Waals surface area contributed by atoms with Crippen LogP contribution < -0.4 is 0 Å². The highest BCUT2D eigenvalue weighted by molar-refractivity contribution is 5.79. The highest BCUT2D eigenvalue weighted by Gasteiger charge is 2.14. The molecule has 2 nitrogen and oxygen atoms in total. The Morgan fingerprint density at radius 3 is 2.42 bits per heavy atom. The van der Waals surface area contributed by atoms with Crippen molar-refractivity contribution in [2.45, 2.75) is 44.6 Å². The largest absolute Gasteiger partial charge is 0.390 e. The van der Waals surface area contributed by atoms with Crippen LogP contribution in [-0.4, -0.2) is 6.21 Å². The predicted molar refractivity (Wildman–Crippen MR) is 90.0 cm³/mol. The summed E-state index contributed by atoms with van der Waals surface area (Å²) in [5, 5.41) is 3.76. The van der Waals surface area contributed by atoms with E-state index < -0.39 is 11.6 Å². The summed E-state index contributed by atoms with van der Waals surface area (Å²) < 4.78 is 25.9. The van der Waals surface area contributed by atoms with Crippen molar-refractivity contribution in [1.82, 2.24) is 0 Å². The molecule has 0 atom stereocenters. The van der Waals surface area contributed by atoms with Crippen molar-refractivity contribution in [2.75, 3.05) is 0 Å². The van der Waals surface area contributed by atoms with Crippen LogP contribution in [0.5, 0.6) is 0 Å². The van der Waals surface area contributed by atoms with Gasteiger partial charge in [0.25, 0.3) is 0 Å². The molecule has 0 aliphatic heterocycles. The second-order valence-corrected chi connectivity index (χ2v) is 6.18. The lowest BCUT2D eigenvalue weighted by Gasteiger charge is -2.21. The maximum absolute atomic E-state index is 13.1. The normalized spacial score (nSPS) is 15.8. The number of nitrogens with zero attached hydrogens (tertiary/aromatic N) is 1. The summed E-state index contributed by atoms with van der Waals surface area (Å²) in [4.78, 5) is 5.09. The first-order valence-corrected chi connectivity index (χ1v) is 8.34. The van der Waals surface area contributed by atoms with Gasteiger partial charge in [-0.2, -0.15) is 0 Å². The smallest absolute Gasteiger partial charge is 0.159 e. The molecule has 0 bridgehead atoms. The van der Waals surface area contributed by atoms with Gasteiger partial charge in [0.1, 0.15) is 12.8 Å². The zero-order valence-corrected chi connectivity index (χ0v) is 13.5. The Labute approximate surface area is 141 Å². The lowest BCUT2D eigenvalue weighted by Crippen LogP contribution is -2.04. The average molecular weight is 328 g/mol. The van der Waals surface area contributed by atoms with E-state index in [-0.39, 0.29) is 6.61 Å². The molecule has 0 aromatic heterocycles. The van der Waals surface area contributed by atoms with Gasteiger partial charge in [0, 0.05) is 5.56 Å². The van der Waals surface area contributed by atoms with Gasteiger partial charge in [-0.15, -0.1) is 0 Å². The highest BCUT2D eigenvalue weighted by Crippen LogP contribution is 2.32. The van der Waals surface area contributed by atoms with Crippen molar-refractivity contribution < 1.29 is 13.6 Å². The summed E-state index contributed by atoms with van der Waals surface area (Å²) >= 11 is 0. The molecule has 0 N–H and O–H groups in total. The molecule has 0 unspecified atom stereocenters. The molecule has 1 aliphatic rings. The molecule has 1 aliphatic carbocycles. The lowest BCUT2D eigenvalue weighted by atomic mass is 9.84. The molecule has 0 amide bonds. The zero-order valence-electron chi connectivity index (χ0n) is 13.5. The molecule has 4 heteroatoms. The maximum Gasteiger partial charge on any atom is 0.159 e. The second-order valence-electron chi connectivity index (χ2n) is 6.18. The minimum atomic E-state index is -0.887. The highest BCUT2D eigenvalue weighted by atomic mass is 19.2. The Kier molecular flexibility index (Phi) is 5.57. The Bertz CT molecular complexity index is 691. The molecule has 1 saturated carbocycles. The molecule has 24 heavy (non-hydrogen) atoms. The fraction of sp³-hybridized carbons (Fsp3) is 0.350. The predicted octanol–water partition coefficient (Wildman–Crippen LogP) is 5.44. The molecule has 2 aromatic rings. The number of rotatable bonds is 5. The van der Waals surface area contributed by atoms with Crippen molar-refractivity contribution in [3.63, 3.8) is 0 Å². The van der Waals surface area contributed by atoms with Gasteiger partial charge in [0.15, 0.2) is 11.6 Å². The van der Waals surface area contributed by atoms with E-state index in [1.54, 1.807) is 0 Å². The summed E-state index contributed by atoms with van der Waals surface area (Å²) in [5.74, 6) is -1.08. The minimum Gasteiger partial charge on any atom is -0.390 e. The van der Waals surface area contributed by atoms with Gasteiger partial charge in [-0.05, 0) is 42.0 Å². The molecule has 1 radical (unpaired) electrons. The summed E-state index contributed by atoms with van der Waals surface area (Å²) in [5.41, 5.74) is 2.73. The van der Waals surface area contributed by atoms with Gasteiger partial charge in [-0.3, -0.25) is 0 Å². The van der Waals surface area contributed by atoms with Crippen LogP contribution in [0.25, 0.3) is 0 Å². The molecule has 0 heterocycles. The monoisotopic (exact) mass is 328 g/mol. The average Bonchev–Trinajstić information content (AvgIpc) is 2.63. The molecule has 1 fully saturated rings. The minimum absolute atomic E-state index is 0.0738. The van der Waals surface area contributed by atoms with Gasteiger partial charge < -0.3 is 4.84 Å². The Hall–Kier alpha value is -2.23. The summed E-state index contributed by atoms with van der Waals surface area (Å²) in [7, 11) is 0. The zero-order chi connectivity index (χ0) is 16.8. The van der Waals surface area contributed by atoms with Crippen LogP contribution in [0.4, 0.5) is 8.78 Å². The number of hydrogen-bond acceptors (Lipinski definition) is 2. The van der Waals surface area contributed by atoms with Crippen LogP contribution in [-0.2, 0) is 11.4 Å². The molecular weight excluding hydrogens is 308 g/mol. The van der Waals surface area contributed by atoms with Gasteiger partial charge in [-0.25, -0.2) is 8.78 Å². The molecular formula is C20H20F2NO. The van der Waals surface area contributed by atoms with E-state index in [9.17, 15) is 8.78 Å². The van der Waals surface area contributed by atoms with Gasteiger partial charge >= 0.3 is 0 Å². The van der Waals surface area contributed by atoms with Crippen LogP contribution in [0.1, 0.15) is 54.7 Å². The number of benzene rings is 2. The van der Waals surface area contributed by atoms with E-state index in [1.165, 1.54) is 43.7 Å². The second kappa shape index (κ2) is 8.04. The van der Waals surface area contributed by atoms with Crippen molar-refractivity contribution in [2.24, 2.45) is 5.16 Å². The van der Waals surface area contributed by atoms with Crippen LogP contribution in [0.3, 0.4) is 0 Å². The maximum atomic E-state index is 13.1. The fourth-order valence-electron chi connectivity index (χ4n) is 3.09. The van der Waals surface area contributed by atoms with Crippen LogP contribution in [0.15, 0.2) is 47.6 Å². The van der Waals surface area contributed by atoms with E-state index in [0.717, 1.165) is 17.7 Å². The summed E-state index contributed by atoms with van der Waals surface area (Å²) in [6, 6.07) is 11.9. The van der Waals surface area contributed by atoms with Crippen molar-refractivity contribution in [1.29, 1.82) is 0 Å². The van der Waals surface area contributed by atoms with E-state index in [1.807, 2.05) is 12.1 Å². The van der Waals surface area contributed by atoms with Crippen LogP contribution in [0.2, 0.25) is 0 Å². The number of hydrogen-bond donors (Lipinski definition) is 0. The Morgan fingerprint density at radius 2 is 1.71 bits per heavy atom. The molecule has 2 aromatic carbocycles. The Balaban J connectivity index is 1.51. The fourth-order valence-corrected chi connectivity index (χ4v) is 3.09. The molecule has 3 rings (SSSR count). The molecule has 125 valence electrons. The van der Waals surface area contributed by atoms with Crippen molar-refractivity contribution in [3.8, 4) is 0 Å². The number of halogens is 2. The third-order valence-electron chi connectivity index (χ3n) is 4.44.